The Labute approximate surface area is 94.8 Å². The molecule has 4 heteroatoms. The number of ether oxygens (including phenoxy) is 2. The van der Waals surface area contributed by atoms with E-state index in [9.17, 15) is 4.79 Å². The molecule has 2 rings (SSSR count). The summed E-state index contributed by atoms with van der Waals surface area (Å²) in [6, 6.07) is 9.67. The fraction of sp³-hybridized carbons (Fsp3) is 0.417. The zero-order valence-electron chi connectivity index (χ0n) is 9.09. The van der Waals surface area contributed by atoms with E-state index in [1.165, 1.54) is 0 Å². The molecule has 0 aliphatic carbocycles. The average molecular weight is 221 g/mol. The Bertz CT molecular complexity index is 333. The third-order valence-electron chi connectivity index (χ3n) is 2.47. The predicted octanol–water partition coefficient (Wildman–Crippen LogP) is 1.66. The van der Waals surface area contributed by atoms with Crippen LogP contribution in [0.1, 0.15) is 5.56 Å². The molecule has 1 saturated heterocycles. The molecule has 1 aliphatic rings. The minimum Gasteiger partial charge on any atom is -0.445 e. The van der Waals surface area contributed by atoms with E-state index >= 15 is 0 Å². The smallest absolute Gasteiger partial charge is 0.410 e. The fourth-order valence-corrected chi connectivity index (χ4v) is 1.56. The summed E-state index contributed by atoms with van der Waals surface area (Å²) < 4.78 is 10.4. The van der Waals surface area contributed by atoms with Crippen molar-refractivity contribution in [3.05, 3.63) is 35.9 Å². The largest absolute Gasteiger partial charge is 0.445 e. The Morgan fingerprint density at radius 3 is 2.62 bits per heavy atom. The number of amides is 1. The van der Waals surface area contributed by atoms with Gasteiger partial charge in [-0.2, -0.15) is 0 Å². The van der Waals surface area contributed by atoms with E-state index in [2.05, 4.69) is 0 Å². The Hall–Kier alpha value is -1.55. The quantitative estimate of drug-likeness (QED) is 0.762. The highest BCUT2D eigenvalue weighted by Crippen LogP contribution is 2.04. The van der Waals surface area contributed by atoms with Crippen LogP contribution in [0.15, 0.2) is 30.3 Å². The van der Waals surface area contributed by atoms with Crippen LogP contribution >= 0.6 is 0 Å². The highest BCUT2D eigenvalue weighted by molar-refractivity contribution is 5.67. The lowest BCUT2D eigenvalue weighted by Gasteiger charge is -2.25. The van der Waals surface area contributed by atoms with Gasteiger partial charge < -0.3 is 14.4 Å². The van der Waals surface area contributed by atoms with E-state index in [0.29, 0.717) is 32.9 Å². The first kappa shape index (κ1) is 11.0. The van der Waals surface area contributed by atoms with Crippen molar-refractivity contribution >= 4 is 6.09 Å². The van der Waals surface area contributed by atoms with Gasteiger partial charge in [0.05, 0.1) is 13.2 Å². The van der Waals surface area contributed by atoms with Gasteiger partial charge in [-0.3, -0.25) is 0 Å². The van der Waals surface area contributed by atoms with Crippen molar-refractivity contribution in [3.63, 3.8) is 0 Å². The lowest BCUT2D eigenvalue weighted by atomic mass is 10.2. The van der Waals surface area contributed by atoms with E-state index in [4.69, 9.17) is 9.47 Å². The van der Waals surface area contributed by atoms with Crippen molar-refractivity contribution in [1.82, 2.24) is 4.90 Å². The number of benzene rings is 1. The minimum atomic E-state index is -0.257. The Morgan fingerprint density at radius 1 is 1.25 bits per heavy atom. The number of nitrogens with zero attached hydrogens (tertiary/aromatic N) is 1. The van der Waals surface area contributed by atoms with Crippen LogP contribution in [-0.4, -0.2) is 37.3 Å². The summed E-state index contributed by atoms with van der Waals surface area (Å²) in [5.41, 5.74) is 1.00. The van der Waals surface area contributed by atoms with Gasteiger partial charge in [0.15, 0.2) is 0 Å². The molecule has 0 unspecified atom stereocenters. The molecule has 0 atom stereocenters. The standard InChI is InChI=1S/C12H15NO3/c14-12(13-6-8-15-9-7-13)16-10-11-4-2-1-3-5-11/h1-5H,6-10H2. The van der Waals surface area contributed by atoms with Crippen molar-refractivity contribution in [3.8, 4) is 0 Å². The number of rotatable bonds is 2. The van der Waals surface area contributed by atoms with Crippen molar-refractivity contribution in [2.45, 2.75) is 6.61 Å². The molecule has 0 radical (unpaired) electrons. The maximum absolute atomic E-state index is 11.6. The van der Waals surface area contributed by atoms with Crippen LogP contribution in [0.25, 0.3) is 0 Å². The van der Waals surface area contributed by atoms with Gasteiger partial charge in [-0.15, -0.1) is 0 Å². The van der Waals surface area contributed by atoms with E-state index < -0.39 is 0 Å². The van der Waals surface area contributed by atoms with Crippen LogP contribution < -0.4 is 0 Å². The summed E-state index contributed by atoms with van der Waals surface area (Å²) in [5, 5.41) is 0. The molecule has 0 saturated carbocycles. The first-order chi connectivity index (χ1) is 7.86. The van der Waals surface area contributed by atoms with Gasteiger partial charge in [0.2, 0.25) is 0 Å². The first-order valence-corrected chi connectivity index (χ1v) is 5.39. The molecule has 1 amide bonds. The topological polar surface area (TPSA) is 38.8 Å². The fourth-order valence-electron chi connectivity index (χ4n) is 1.56. The lowest BCUT2D eigenvalue weighted by Crippen LogP contribution is -2.40. The van der Waals surface area contributed by atoms with Gasteiger partial charge in [0, 0.05) is 13.1 Å². The second-order valence-electron chi connectivity index (χ2n) is 3.64. The number of morpholine rings is 1. The molecule has 86 valence electrons. The van der Waals surface area contributed by atoms with Crippen LogP contribution in [0, 0.1) is 0 Å². The highest BCUT2D eigenvalue weighted by atomic mass is 16.6. The summed E-state index contributed by atoms with van der Waals surface area (Å²) in [4.78, 5) is 13.3. The van der Waals surface area contributed by atoms with E-state index in [1.807, 2.05) is 30.3 Å². The second kappa shape index (κ2) is 5.51. The van der Waals surface area contributed by atoms with Crippen LogP contribution in [-0.2, 0) is 16.1 Å². The molecule has 0 aromatic heterocycles. The van der Waals surface area contributed by atoms with E-state index in [0.717, 1.165) is 5.56 Å². The average Bonchev–Trinajstić information content (AvgIpc) is 2.38. The molecule has 0 spiro atoms. The van der Waals surface area contributed by atoms with Crippen LogP contribution in [0.3, 0.4) is 0 Å². The molecule has 0 bridgehead atoms. The van der Waals surface area contributed by atoms with Gasteiger partial charge in [0.25, 0.3) is 0 Å². The lowest BCUT2D eigenvalue weighted by molar-refractivity contribution is 0.0249. The molecule has 1 heterocycles. The summed E-state index contributed by atoms with van der Waals surface area (Å²) in [6.45, 7) is 2.76. The van der Waals surface area contributed by atoms with Crippen LogP contribution in [0.5, 0.6) is 0 Å². The summed E-state index contributed by atoms with van der Waals surface area (Å²) in [6.07, 6.45) is -0.257. The van der Waals surface area contributed by atoms with Crippen molar-refractivity contribution < 1.29 is 14.3 Å². The molecular formula is C12H15NO3. The van der Waals surface area contributed by atoms with E-state index in [-0.39, 0.29) is 6.09 Å². The maximum atomic E-state index is 11.6. The van der Waals surface area contributed by atoms with Crippen LogP contribution in [0.4, 0.5) is 4.79 Å². The van der Waals surface area contributed by atoms with Gasteiger partial charge in [-0.25, -0.2) is 4.79 Å². The predicted molar refractivity (Wildman–Crippen MR) is 59.0 cm³/mol. The summed E-state index contributed by atoms with van der Waals surface area (Å²) >= 11 is 0. The van der Waals surface area contributed by atoms with Crippen molar-refractivity contribution in [2.75, 3.05) is 26.3 Å². The van der Waals surface area contributed by atoms with Crippen LogP contribution in [0.2, 0.25) is 0 Å². The monoisotopic (exact) mass is 221 g/mol. The maximum Gasteiger partial charge on any atom is 0.410 e. The van der Waals surface area contributed by atoms with Gasteiger partial charge in [0.1, 0.15) is 6.61 Å². The van der Waals surface area contributed by atoms with Gasteiger partial charge >= 0.3 is 6.09 Å². The number of carbonyl (C=O) groups excluding carboxylic acids is 1. The second-order valence-corrected chi connectivity index (χ2v) is 3.64. The number of carbonyl (C=O) groups is 1. The zero-order chi connectivity index (χ0) is 11.2. The Morgan fingerprint density at radius 2 is 1.94 bits per heavy atom. The van der Waals surface area contributed by atoms with Gasteiger partial charge in [-0.1, -0.05) is 30.3 Å². The van der Waals surface area contributed by atoms with E-state index in [1.54, 1.807) is 4.90 Å². The third-order valence-corrected chi connectivity index (χ3v) is 2.47. The molecular weight excluding hydrogens is 206 g/mol. The number of hydrogen-bond acceptors (Lipinski definition) is 3. The van der Waals surface area contributed by atoms with Crippen molar-refractivity contribution in [1.29, 1.82) is 0 Å². The first-order valence-electron chi connectivity index (χ1n) is 5.39. The molecule has 1 aromatic rings. The molecule has 1 aliphatic heterocycles. The normalized spacial score (nSPS) is 15.9. The molecule has 4 nitrogen and oxygen atoms in total. The Balaban J connectivity index is 1.79. The molecule has 0 N–H and O–H groups in total. The summed E-state index contributed by atoms with van der Waals surface area (Å²) in [5.74, 6) is 0. The van der Waals surface area contributed by atoms with Crippen molar-refractivity contribution in [2.24, 2.45) is 0 Å². The third kappa shape index (κ3) is 2.97. The highest BCUT2D eigenvalue weighted by Gasteiger charge is 2.17. The SMILES string of the molecule is O=C(OCc1ccccc1)N1CCOCC1. The molecule has 1 aromatic carbocycles. The zero-order valence-corrected chi connectivity index (χ0v) is 9.09. The molecule has 16 heavy (non-hydrogen) atoms. The summed E-state index contributed by atoms with van der Waals surface area (Å²) in [7, 11) is 0. The van der Waals surface area contributed by atoms with Gasteiger partial charge in [-0.05, 0) is 5.56 Å². The molecule has 1 fully saturated rings. The number of hydrogen-bond donors (Lipinski definition) is 0. The minimum absolute atomic E-state index is 0.257. The Kier molecular flexibility index (Phi) is 3.77.